The van der Waals surface area contributed by atoms with Gasteiger partial charge in [-0.15, -0.1) is 0 Å². The van der Waals surface area contributed by atoms with Crippen LogP contribution in [0.2, 0.25) is 0 Å². The minimum absolute atomic E-state index is 0.0563. The van der Waals surface area contributed by atoms with Crippen molar-refractivity contribution in [2.75, 3.05) is 7.18 Å². The Bertz CT molecular complexity index is 464. The molecule has 0 amide bonds. The molecule has 0 unspecified atom stereocenters. The third-order valence-corrected chi connectivity index (χ3v) is 1.58. The molecule has 18 heavy (non-hydrogen) atoms. The number of carboxylic acids is 1. The average Bonchev–Trinajstić information content (AvgIpc) is 2.28. The van der Waals surface area contributed by atoms with Gasteiger partial charge in [0.25, 0.3) is 0 Å². The third-order valence-electron chi connectivity index (χ3n) is 1.58. The van der Waals surface area contributed by atoms with Crippen LogP contribution < -0.4 is 4.74 Å². The minimum Gasteiger partial charge on any atom is -0.478 e. The van der Waals surface area contributed by atoms with Crippen molar-refractivity contribution in [3.63, 3.8) is 0 Å². The second-order valence-electron chi connectivity index (χ2n) is 3.07. The highest BCUT2D eigenvalue weighted by Crippen LogP contribution is 2.23. The molecule has 98 valence electrons. The summed E-state index contributed by atoms with van der Waals surface area (Å²) >= 11 is 0. The average molecular weight is 261 g/mol. The highest BCUT2D eigenvalue weighted by atomic mass is 19.3. The third kappa shape index (κ3) is 5.21. The van der Waals surface area contributed by atoms with Crippen LogP contribution in [0.15, 0.2) is 18.2 Å². The Morgan fingerprint density at radius 1 is 1.39 bits per heavy atom. The highest BCUT2D eigenvalue weighted by Gasteiger charge is 2.24. The van der Waals surface area contributed by atoms with E-state index in [0.717, 1.165) is 18.2 Å². The van der Waals surface area contributed by atoms with E-state index in [1.165, 1.54) is 0 Å². The van der Waals surface area contributed by atoms with Gasteiger partial charge in [0.15, 0.2) is 0 Å². The number of nitriles is 1. The van der Waals surface area contributed by atoms with E-state index in [0.29, 0.717) is 14.1 Å². The summed E-state index contributed by atoms with van der Waals surface area (Å²) in [6.45, 7) is 0.520. The minimum atomic E-state index is -3.43. The van der Waals surface area contributed by atoms with Crippen LogP contribution in [-0.4, -0.2) is 24.4 Å². The molecule has 0 aliphatic rings. The van der Waals surface area contributed by atoms with Gasteiger partial charge in [0.1, 0.15) is 5.75 Å². The fourth-order valence-electron chi connectivity index (χ4n) is 1.05. The first-order valence-electron chi connectivity index (χ1n) is 4.55. The summed E-state index contributed by atoms with van der Waals surface area (Å²) in [6.07, 6.45) is -3.43. The van der Waals surface area contributed by atoms with Gasteiger partial charge in [-0.3, -0.25) is 4.39 Å². The van der Waals surface area contributed by atoms with Crippen LogP contribution in [0, 0.1) is 11.3 Å². The van der Waals surface area contributed by atoms with Crippen LogP contribution in [0.1, 0.15) is 22.8 Å². The zero-order valence-corrected chi connectivity index (χ0v) is 9.58. The maximum absolute atomic E-state index is 12.5. The molecule has 1 N–H and O–H groups in total. The molecular formula is C11H10F3NO3. The smallest absolute Gasteiger partial charge is 0.394 e. The maximum atomic E-state index is 12.5. The van der Waals surface area contributed by atoms with Crippen molar-refractivity contribution in [2.24, 2.45) is 0 Å². The van der Waals surface area contributed by atoms with Gasteiger partial charge >= 0.3 is 12.1 Å². The standard InChI is InChI=1S/C10H7F2NO3.CH3F/c1-10(11,12)16-8-3-6(5-13)2-7(4-8)9(14)15;1-2/h2-4H,1H3,(H,14,15);1H3. The van der Waals surface area contributed by atoms with E-state index < -0.39 is 12.1 Å². The molecule has 1 rings (SSSR count). The molecule has 0 heterocycles. The van der Waals surface area contributed by atoms with Crippen molar-refractivity contribution < 1.29 is 27.8 Å². The molecule has 0 spiro atoms. The van der Waals surface area contributed by atoms with E-state index in [-0.39, 0.29) is 16.9 Å². The molecule has 0 atom stereocenters. The Morgan fingerprint density at radius 3 is 2.33 bits per heavy atom. The zero-order chi connectivity index (χ0) is 14.3. The Kier molecular flexibility index (Phi) is 5.69. The molecule has 0 aliphatic carbocycles. The van der Waals surface area contributed by atoms with E-state index in [9.17, 15) is 18.0 Å². The molecule has 0 fully saturated rings. The number of hydrogen-bond donors (Lipinski definition) is 1. The topological polar surface area (TPSA) is 70.3 Å². The molecule has 0 bridgehead atoms. The molecule has 7 heteroatoms. The molecule has 0 saturated carbocycles. The Hall–Kier alpha value is -2.23. The fourth-order valence-corrected chi connectivity index (χ4v) is 1.05. The highest BCUT2D eigenvalue weighted by molar-refractivity contribution is 5.88. The van der Waals surface area contributed by atoms with Gasteiger partial charge in [0.05, 0.1) is 24.4 Å². The first kappa shape index (κ1) is 15.8. The Morgan fingerprint density at radius 2 is 1.94 bits per heavy atom. The Balaban J connectivity index is 0.00000137. The number of ether oxygens (including phenoxy) is 1. The number of aromatic carboxylic acids is 1. The number of alkyl halides is 3. The van der Waals surface area contributed by atoms with Gasteiger partial charge in [0, 0.05) is 6.92 Å². The maximum Gasteiger partial charge on any atom is 0.394 e. The normalized spacial score (nSPS) is 9.78. The van der Waals surface area contributed by atoms with E-state index in [1.807, 2.05) is 0 Å². The van der Waals surface area contributed by atoms with Crippen LogP contribution in [0.25, 0.3) is 0 Å². The molecule has 0 aliphatic heterocycles. The first-order valence-corrected chi connectivity index (χ1v) is 4.55. The zero-order valence-electron chi connectivity index (χ0n) is 9.58. The van der Waals surface area contributed by atoms with Crippen molar-refractivity contribution in [1.29, 1.82) is 5.26 Å². The summed E-state index contributed by atoms with van der Waals surface area (Å²) < 4.78 is 38.7. The van der Waals surface area contributed by atoms with E-state index in [4.69, 9.17) is 10.4 Å². The summed E-state index contributed by atoms with van der Waals surface area (Å²) in [7, 11) is 0.500. The van der Waals surface area contributed by atoms with E-state index in [1.54, 1.807) is 6.07 Å². The number of nitrogens with zero attached hydrogens (tertiary/aromatic N) is 1. The van der Waals surface area contributed by atoms with Gasteiger partial charge in [-0.2, -0.15) is 14.0 Å². The molecule has 4 nitrogen and oxygen atoms in total. The number of rotatable bonds is 3. The fraction of sp³-hybridized carbons (Fsp3) is 0.273. The van der Waals surface area contributed by atoms with E-state index in [2.05, 4.69) is 4.74 Å². The lowest BCUT2D eigenvalue weighted by molar-refractivity contribution is -0.159. The molecule has 1 aromatic carbocycles. The number of benzene rings is 1. The van der Waals surface area contributed by atoms with Crippen LogP contribution in [0.4, 0.5) is 13.2 Å². The summed E-state index contributed by atoms with van der Waals surface area (Å²) in [5, 5.41) is 17.3. The summed E-state index contributed by atoms with van der Waals surface area (Å²) in [5.74, 6) is -1.68. The molecular weight excluding hydrogens is 251 g/mol. The van der Waals surface area contributed by atoms with Gasteiger partial charge in [-0.1, -0.05) is 0 Å². The molecule has 1 aromatic rings. The molecule has 0 saturated heterocycles. The monoisotopic (exact) mass is 261 g/mol. The SMILES string of the molecule is CC(F)(F)Oc1cc(C#N)cc(C(=O)O)c1.CF. The van der Waals surface area contributed by atoms with Crippen LogP contribution in [0.5, 0.6) is 5.75 Å². The largest absolute Gasteiger partial charge is 0.478 e. The number of carboxylic acid groups (broad SMARTS) is 1. The number of halogens is 3. The van der Waals surface area contributed by atoms with Gasteiger partial charge in [0.2, 0.25) is 0 Å². The van der Waals surface area contributed by atoms with Crippen LogP contribution in [-0.2, 0) is 0 Å². The van der Waals surface area contributed by atoms with Crippen LogP contribution in [0.3, 0.4) is 0 Å². The van der Waals surface area contributed by atoms with Gasteiger partial charge in [-0.25, -0.2) is 4.79 Å². The van der Waals surface area contributed by atoms with Gasteiger partial charge < -0.3 is 9.84 Å². The van der Waals surface area contributed by atoms with Crippen molar-refractivity contribution in [3.05, 3.63) is 29.3 Å². The number of hydrogen-bond acceptors (Lipinski definition) is 3. The Labute approximate surface area is 101 Å². The van der Waals surface area contributed by atoms with Crippen molar-refractivity contribution in [3.8, 4) is 11.8 Å². The lowest BCUT2D eigenvalue weighted by Crippen LogP contribution is -2.19. The van der Waals surface area contributed by atoms with Gasteiger partial charge in [-0.05, 0) is 18.2 Å². The quantitative estimate of drug-likeness (QED) is 0.908. The number of carbonyl (C=O) groups is 1. The second kappa shape index (κ2) is 6.49. The predicted octanol–water partition coefficient (Wildman–Crippen LogP) is 2.83. The summed E-state index contributed by atoms with van der Waals surface area (Å²) in [5.41, 5.74) is -0.336. The van der Waals surface area contributed by atoms with E-state index >= 15 is 0 Å². The molecule has 0 radical (unpaired) electrons. The summed E-state index contributed by atoms with van der Waals surface area (Å²) in [6, 6.07) is 4.71. The lowest BCUT2D eigenvalue weighted by atomic mass is 10.1. The predicted molar refractivity (Wildman–Crippen MR) is 56.4 cm³/mol. The van der Waals surface area contributed by atoms with Crippen LogP contribution >= 0.6 is 0 Å². The van der Waals surface area contributed by atoms with Crippen molar-refractivity contribution in [1.82, 2.24) is 0 Å². The van der Waals surface area contributed by atoms with Crippen molar-refractivity contribution >= 4 is 5.97 Å². The lowest BCUT2D eigenvalue weighted by Gasteiger charge is -2.13. The molecule has 0 aromatic heterocycles. The summed E-state index contributed by atoms with van der Waals surface area (Å²) in [4.78, 5) is 10.6. The van der Waals surface area contributed by atoms with Crippen molar-refractivity contribution in [2.45, 2.75) is 13.0 Å². The second-order valence-corrected chi connectivity index (χ2v) is 3.07. The first-order chi connectivity index (χ1) is 8.31.